The molecule has 0 spiro atoms. The zero-order chi connectivity index (χ0) is 14.7. The lowest BCUT2D eigenvalue weighted by Crippen LogP contribution is -2.37. The van der Waals surface area contributed by atoms with E-state index in [0.29, 0.717) is 24.4 Å². The Kier molecular flexibility index (Phi) is 3.96. The molecule has 2 aromatic rings. The molecule has 1 aliphatic rings. The van der Waals surface area contributed by atoms with Gasteiger partial charge in [0.15, 0.2) is 0 Å². The van der Waals surface area contributed by atoms with Crippen molar-refractivity contribution in [1.82, 2.24) is 14.9 Å². The Balaban J connectivity index is 1.69. The first-order valence-corrected chi connectivity index (χ1v) is 7.04. The number of carbonyl (C=O) groups is 1. The van der Waals surface area contributed by atoms with Gasteiger partial charge < -0.3 is 14.4 Å². The first-order valence-electron chi connectivity index (χ1n) is 7.04. The molecule has 2 atom stereocenters. The third-order valence-corrected chi connectivity index (χ3v) is 3.79. The van der Waals surface area contributed by atoms with Crippen LogP contribution < -0.4 is 0 Å². The lowest BCUT2D eigenvalue weighted by molar-refractivity contribution is 0.0635. The van der Waals surface area contributed by atoms with E-state index in [1.807, 2.05) is 0 Å². The van der Waals surface area contributed by atoms with E-state index in [0.717, 1.165) is 12.8 Å². The van der Waals surface area contributed by atoms with Gasteiger partial charge in [-0.25, -0.2) is 4.98 Å². The van der Waals surface area contributed by atoms with Gasteiger partial charge in [-0.3, -0.25) is 9.78 Å². The zero-order valence-corrected chi connectivity index (χ0v) is 11.6. The van der Waals surface area contributed by atoms with Crippen LogP contribution in [0, 0.1) is 0 Å². The van der Waals surface area contributed by atoms with Crippen molar-refractivity contribution in [3.8, 4) is 0 Å². The van der Waals surface area contributed by atoms with Crippen LogP contribution in [0.2, 0.25) is 0 Å². The van der Waals surface area contributed by atoms with Crippen LogP contribution in [0.3, 0.4) is 0 Å². The van der Waals surface area contributed by atoms with E-state index in [-0.39, 0.29) is 11.9 Å². The number of aliphatic hydroxyl groups excluding tert-OH is 1. The molecule has 0 saturated carbocycles. The minimum absolute atomic E-state index is 0.000365. The number of aliphatic hydroxyl groups is 1. The molecule has 6 nitrogen and oxygen atoms in total. The Morgan fingerprint density at radius 1 is 1.52 bits per heavy atom. The highest BCUT2D eigenvalue weighted by molar-refractivity contribution is 5.92. The Hall–Kier alpha value is -2.21. The maximum atomic E-state index is 12.4. The highest BCUT2D eigenvalue weighted by Crippen LogP contribution is 2.28. The van der Waals surface area contributed by atoms with Crippen molar-refractivity contribution in [3.63, 3.8) is 0 Å². The zero-order valence-electron chi connectivity index (χ0n) is 11.6. The molecule has 2 aromatic heterocycles. The van der Waals surface area contributed by atoms with Gasteiger partial charge in [0.05, 0.1) is 12.5 Å². The van der Waals surface area contributed by atoms with Gasteiger partial charge in [0.2, 0.25) is 0 Å². The SMILES string of the molecule is O=C(c1cnccn1)N1CCCC1CC(O)c1ccco1. The molecule has 21 heavy (non-hydrogen) atoms. The molecule has 1 saturated heterocycles. The quantitative estimate of drug-likeness (QED) is 0.927. The number of hydrogen-bond acceptors (Lipinski definition) is 5. The molecule has 6 heteroatoms. The molecule has 110 valence electrons. The molecule has 2 unspecified atom stereocenters. The molecular formula is C15H17N3O3. The second kappa shape index (κ2) is 6.05. The van der Waals surface area contributed by atoms with Gasteiger partial charge in [-0.05, 0) is 25.0 Å². The van der Waals surface area contributed by atoms with Gasteiger partial charge in [-0.2, -0.15) is 0 Å². The topological polar surface area (TPSA) is 79.5 Å². The van der Waals surface area contributed by atoms with E-state index in [4.69, 9.17) is 4.42 Å². The molecule has 0 bridgehead atoms. The second-order valence-corrected chi connectivity index (χ2v) is 5.15. The Labute approximate surface area is 122 Å². The molecule has 1 fully saturated rings. The van der Waals surface area contributed by atoms with Crippen molar-refractivity contribution in [2.45, 2.75) is 31.4 Å². The number of carbonyl (C=O) groups excluding carboxylic acids is 1. The molecule has 0 aliphatic carbocycles. The van der Waals surface area contributed by atoms with Crippen LogP contribution in [-0.2, 0) is 0 Å². The van der Waals surface area contributed by atoms with Crippen molar-refractivity contribution in [1.29, 1.82) is 0 Å². The number of nitrogens with zero attached hydrogens (tertiary/aromatic N) is 3. The lowest BCUT2D eigenvalue weighted by Gasteiger charge is -2.25. The van der Waals surface area contributed by atoms with Gasteiger partial charge >= 0.3 is 0 Å². The van der Waals surface area contributed by atoms with Gasteiger partial charge in [-0.1, -0.05) is 0 Å². The van der Waals surface area contributed by atoms with E-state index in [1.165, 1.54) is 18.7 Å². The third-order valence-electron chi connectivity index (χ3n) is 3.79. The van der Waals surface area contributed by atoms with Gasteiger partial charge in [-0.15, -0.1) is 0 Å². The van der Waals surface area contributed by atoms with Gasteiger partial charge in [0.25, 0.3) is 5.91 Å². The number of aromatic nitrogens is 2. The summed E-state index contributed by atoms with van der Waals surface area (Å²) < 4.78 is 5.21. The summed E-state index contributed by atoms with van der Waals surface area (Å²) in [7, 11) is 0. The van der Waals surface area contributed by atoms with Crippen LogP contribution in [0.25, 0.3) is 0 Å². The summed E-state index contributed by atoms with van der Waals surface area (Å²) in [5.41, 5.74) is 0.344. The van der Waals surface area contributed by atoms with Crippen molar-refractivity contribution in [2.24, 2.45) is 0 Å². The van der Waals surface area contributed by atoms with Crippen LogP contribution in [0.1, 0.15) is 41.6 Å². The van der Waals surface area contributed by atoms with Crippen molar-refractivity contribution in [2.75, 3.05) is 6.54 Å². The first kappa shape index (κ1) is 13.8. The van der Waals surface area contributed by atoms with E-state index in [1.54, 1.807) is 23.2 Å². The van der Waals surface area contributed by atoms with E-state index in [9.17, 15) is 9.90 Å². The van der Waals surface area contributed by atoms with Crippen LogP contribution in [0.5, 0.6) is 0 Å². The number of amides is 1. The molecule has 0 radical (unpaired) electrons. The molecule has 0 aromatic carbocycles. The fraction of sp³-hybridized carbons (Fsp3) is 0.400. The fourth-order valence-electron chi connectivity index (χ4n) is 2.76. The lowest BCUT2D eigenvalue weighted by atomic mass is 10.0. The highest BCUT2D eigenvalue weighted by atomic mass is 16.4. The minimum Gasteiger partial charge on any atom is -0.467 e. The molecule has 3 heterocycles. The van der Waals surface area contributed by atoms with Crippen LogP contribution >= 0.6 is 0 Å². The highest BCUT2D eigenvalue weighted by Gasteiger charge is 2.32. The predicted molar refractivity (Wildman–Crippen MR) is 74.4 cm³/mol. The third kappa shape index (κ3) is 2.95. The van der Waals surface area contributed by atoms with Crippen LogP contribution in [0.15, 0.2) is 41.4 Å². The van der Waals surface area contributed by atoms with Gasteiger partial charge in [0.1, 0.15) is 17.6 Å². The summed E-state index contributed by atoms with van der Waals surface area (Å²) in [6.45, 7) is 0.685. The smallest absolute Gasteiger partial charge is 0.274 e. The number of rotatable bonds is 4. The van der Waals surface area contributed by atoms with Crippen molar-refractivity contribution in [3.05, 3.63) is 48.4 Å². The average Bonchev–Trinajstić information content (AvgIpc) is 3.19. The van der Waals surface area contributed by atoms with E-state index < -0.39 is 6.10 Å². The summed E-state index contributed by atoms with van der Waals surface area (Å²) in [6.07, 6.45) is 7.65. The van der Waals surface area contributed by atoms with E-state index in [2.05, 4.69) is 9.97 Å². The first-order chi connectivity index (χ1) is 10.3. The van der Waals surface area contributed by atoms with Gasteiger partial charge in [0, 0.05) is 31.4 Å². The number of furan rings is 1. The summed E-state index contributed by atoms with van der Waals surface area (Å²) in [5.74, 6) is 0.408. The molecular weight excluding hydrogens is 270 g/mol. The van der Waals surface area contributed by atoms with Crippen LogP contribution in [0.4, 0.5) is 0 Å². The maximum Gasteiger partial charge on any atom is 0.274 e. The maximum absolute atomic E-state index is 12.4. The monoisotopic (exact) mass is 287 g/mol. The molecule has 1 amide bonds. The van der Waals surface area contributed by atoms with Crippen molar-refractivity contribution >= 4 is 5.91 Å². The molecule has 1 N–H and O–H groups in total. The molecule has 3 rings (SSSR count). The predicted octanol–water partition coefficient (Wildman–Crippen LogP) is 1.80. The normalized spacial score (nSPS) is 19.7. The number of hydrogen-bond donors (Lipinski definition) is 1. The van der Waals surface area contributed by atoms with Crippen LogP contribution in [-0.4, -0.2) is 38.5 Å². The number of likely N-dealkylation sites (tertiary alicyclic amines) is 1. The Bertz CT molecular complexity index is 585. The second-order valence-electron chi connectivity index (χ2n) is 5.15. The summed E-state index contributed by atoms with van der Waals surface area (Å²) >= 11 is 0. The summed E-state index contributed by atoms with van der Waals surface area (Å²) in [4.78, 5) is 22.2. The Morgan fingerprint density at radius 2 is 2.43 bits per heavy atom. The largest absolute Gasteiger partial charge is 0.467 e. The average molecular weight is 287 g/mol. The van der Waals surface area contributed by atoms with E-state index >= 15 is 0 Å². The standard InChI is InChI=1S/C15H17N3O3/c19-13(14-4-2-8-21-14)9-11-3-1-7-18(11)15(20)12-10-16-5-6-17-12/h2,4-6,8,10-11,13,19H,1,3,7,9H2. The minimum atomic E-state index is -0.694. The summed E-state index contributed by atoms with van der Waals surface area (Å²) in [5, 5.41) is 10.2. The fourth-order valence-corrected chi connectivity index (χ4v) is 2.76. The molecule has 1 aliphatic heterocycles. The Morgan fingerprint density at radius 3 is 3.14 bits per heavy atom. The van der Waals surface area contributed by atoms with Crippen molar-refractivity contribution < 1.29 is 14.3 Å². The summed E-state index contributed by atoms with van der Waals surface area (Å²) in [6, 6.07) is 3.49.